The molecule has 3 rings (SSSR count). The topological polar surface area (TPSA) is 86.2 Å². The van der Waals surface area contributed by atoms with E-state index in [0.717, 1.165) is 24.0 Å². The molecule has 0 saturated carbocycles. The van der Waals surface area contributed by atoms with E-state index >= 15 is 0 Å². The summed E-state index contributed by atoms with van der Waals surface area (Å²) < 4.78 is 7.83. The molecule has 124 valence electrons. The van der Waals surface area contributed by atoms with Crippen molar-refractivity contribution in [3.63, 3.8) is 0 Å². The molecule has 1 aliphatic heterocycles. The normalized spacial score (nSPS) is 18.7. The Labute approximate surface area is 133 Å². The first kappa shape index (κ1) is 15.7. The standard InChI is InChI=1S/C15H21N5O3/c1-4-12-16-14(17-23-12)11-6-5-7-20(11)9-10-8-13(21)19(3)15(22)18(10)2/h8,11H,4-7,9H2,1-3H3/t11-/m0/s1. The van der Waals surface area contributed by atoms with Crippen LogP contribution >= 0.6 is 0 Å². The molecule has 2 aromatic heterocycles. The summed E-state index contributed by atoms with van der Waals surface area (Å²) in [6.45, 7) is 3.37. The third-order valence-electron chi connectivity index (χ3n) is 4.44. The van der Waals surface area contributed by atoms with Gasteiger partial charge in [-0.25, -0.2) is 4.79 Å². The van der Waals surface area contributed by atoms with Gasteiger partial charge in [-0.05, 0) is 19.4 Å². The third kappa shape index (κ3) is 2.86. The van der Waals surface area contributed by atoms with Crippen LogP contribution < -0.4 is 11.2 Å². The Kier molecular flexibility index (Phi) is 4.16. The van der Waals surface area contributed by atoms with Crippen LogP contribution in [-0.2, 0) is 27.1 Å². The van der Waals surface area contributed by atoms with Gasteiger partial charge in [0.15, 0.2) is 5.82 Å². The van der Waals surface area contributed by atoms with E-state index in [1.54, 1.807) is 7.05 Å². The number of likely N-dealkylation sites (tertiary alicyclic amines) is 1. The van der Waals surface area contributed by atoms with E-state index in [1.165, 1.54) is 17.7 Å². The van der Waals surface area contributed by atoms with Crippen molar-refractivity contribution in [2.45, 2.75) is 38.8 Å². The summed E-state index contributed by atoms with van der Waals surface area (Å²) in [5.74, 6) is 1.32. The molecule has 1 fully saturated rings. The SMILES string of the molecule is CCc1nc([C@@H]2CCCN2Cc2cc(=O)n(C)c(=O)n2C)no1. The first-order valence-electron chi connectivity index (χ1n) is 7.83. The van der Waals surface area contributed by atoms with Gasteiger partial charge in [-0.3, -0.25) is 18.8 Å². The average Bonchev–Trinajstić information content (AvgIpc) is 3.18. The smallest absolute Gasteiger partial charge is 0.330 e. The van der Waals surface area contributed by atoms with Crippen molar-refractivity contribution in [1.29, 1.82) is 0 Å². The molecular weight excluding hydrogens is 298 g/mol. The van der Waals surface area contributed by atoms with Gasteiger partial charge in [-0.1, -0.05) is 12.1 Å². The molecule has 2 aromatic rings. The minimum absolute atomic E-state index is 0.0678. The molecule has 1 aliphatic rings. The number of aryl methyl sites for hydroxylation is 1. The van der Waals surface area contributed by atoms with Crippen molar-refractivity contribution in [2.24, 2.45) is 14.1 Å². The molecule has 8 nitrogen and oxygen atoms in total. The van der Waals surface area contributed by atoms with Gasteiger partial charge >= 0.3 is 5.69 Å². The number of hydrogen-bond donors (Lipinski definition) is 0. The van der Waals surface area contributed by atoms with E-state index in [4.69, 9.17) is 4.52 Å². The second-order valence-corrected chi connectivity index (χ2v) is 5.90. The van der Waals surface area contributed by atoms with Crippen LogP contribution in [0.3, 0.4) is 0 Å². The fourth-order valence-corrected chi connectivity index (χ4v) is 2.99. The molecule has 8 heteroatoms. The van der Waals surface area contributed by atoms with Gasteiger partial charge in [-0.15, -0.1) is 0 Å². The molecule has 0 aromatic carbocycles. The lowest BCUT2D eigenvalue weighted by atomic mass is 10.2. The quantitative estimate of drug-likeness (QED) is 0.809. The van der Waals surface area contributed by atoms with Crippen LogP contribution in [-0.4, -0.2) is 30.7 Å². The summed E-state index contributed by atoms with van der Waals surface area (Å²) in [6.07, 6.45) is 2.68. The lowest BCUT2D eigenvalue weighted by Crippen LogP contribution is -2.39. The second kappa shape index (κ2) is 6.11. The van der Waals surface area contributed by atoms with E-state index in [0.29, 0.717) is 30.4 Å². The van der Waals surface area contributed by atoms with E-state index in [1.807, 2.05) is 6.92 Å². The van der Waals surface area contributed by atoms with E-state index in [-0.39, 0.29) is 17.3 Å². The van der Waals surface area contributed by atoms with Gasteiger partial charge in [0.2, 0.25) is 5.89 Å². The molecule has 0 amide bonds. The zero-order chi connectivity index (χ0) is 16.6. The largest absolute Gasteiger partial charge is 0.339 e. The van der Waals surface area contributed by atoms with Crippen LogP contribution in [0.25, 0.3) is 0 Å². The number of aromatic nitrogens is 4. The third-order valence-corrected chi connectivity index (χ3v) is 4.44. The lowest BCUT2D eigenvalue weighted by Gasteiger charge is -2.22. The summed E-state index contributed by atoms with van der Waals surface area (Å²) in [5.41, 5.74) is 0.104. The van der Waals surface area contributed by atoms with Crippen LogP contribution in [0.5, 0.6) is 0 Å². The van der Waals surface area contributed by atoms with Gasteiger partial charge < -0.3 is 4.52 Å². The molecule has 0 radical (unpaired) electrons. The predicted octanol–water partition coefficient (Wildman–Crippen LogP) is 0.367. The monoisotopic (exact) mass is 319 g/mol. The Hall–Kier alpha value is -2.22. The van der Waals surface area contributed by atoms with Crippen LogP contribution in [0, 0.1) is 0 Å². The van der Waals surface area contributed by atoms with E-state index in [2.05, 4.69) is 15.0 Å². The number of nitrogens with zero attached hydrogens (tertiary/aromatic N) is 5. The Morgan fingerprint density at radius 2 is 2.09 bits per heavy atom. The highest BCUT2D eigenvalue weighted by Crippen LogP contribution is 2.31. The minimum Gasteiger partial charge on any atom is -0.339 e. The van der Waals surface area contributed by atoms with Crippen LogP contribution in [0.15, 0.2) is 20.2 Å². The van der Waals surface area contributed by atoms with Gasteiger partial charge in [0, 0.05) is 38.8 Å². The molecule has 1 atom stereocenters. The molecule has 0 spiro atoms. The molecule has 3 heterocycles. The summed E-state index contributed by atoms with van der Waals surface area (Å²) >= 11 is 0. The van der Waals surface area contributed by atoms with Crippen LogP contribution in [0.2, 0.25) is 0 Å². The van der Waals surface area contributed by atoms with Gasteiger partial charge in [0.1, 0.15) is 0 Å². The maximum absolute atomic E-state index is 12.0. The van der Waals surface area contributed by atoms with Gasteiger partial charge in [-0.2, -0.15) is 4.98 Å². The second-order valence-electron chi connectivity index (χ2n) is 5.90. The Balaban J connectivity index is 1.87. The van der Waals surface area contributed by atoms with Crippen molar-refractivity contribution >= 4 is 0 Å². The van der Waals surface area contributed by atoms with E-state index < -0.39 is 0 Å². The van der Waals surface area contributed by atoms with Crippen molar-refractivity contribution in [3.05, 3.63) is 44.3 Å². The summed E-state index contributed by atoms with van der Waals surface area (Å²) in [4.78, 5) is 30.5. The van der Waals surface area contributed by atoms with Gasteiger partial charge in [0.25, 0.3) is 5.56 Å². The Morgan fingerprint density at radius 3 is 2.78 bits per heavy atom. The van der Waals surface area contributed by atoms with Crippen molar-refractivity contribution < 1.29 is 4.52 Å². The maximum Gasteiger partial charge on any atom is 0.330 e. The minimum atomic E-state index is -0.309. The van der Waals surface area contributed by atoms with Crippen molar-refractivity contribution in [3.8, 4) is 0 Å². The zero-order valence-corrected chi connectivity index (χ0v) is 13.7. The van der Waals surface area contributed by atoms with Crippen molar-refractivity contribution in [2.75, 3.05) is 6.54 Å². The molecule has 23 heavy (non-hydrogen) atoms. The number of hydrogen-bond acceptors (Lipinski definition) is 6. The van der Waals surface area contributed by atoms with Crippen molar-refractivity contribution in [1.82, 2.24) is 24.2 Å². The predicted molar refractivity (Wildman–Crippen MR) is 83.0 cm³/mol. The average molecular weight is 319 g/mol. The van der Waals surface area contributed by atoms with Gasteiger partial charge in [0.05, 0.1) is 6.04 Å². The summed E-state index contributed by atoms with van der Waals surface area (Å²) in [7, 11) is 3.17. The molecule has 0 aliphatic carbocycles. The molecular formula is C15H21N5O3. The molecule has 1 saturated heterocycles. The Morgan fingerprint density at radius 1 is 1.30 bits per heavy atom. The highest BCUT2D eigenvalue weighted by atomic mass is 16.5. The molecule has 0 bridgehead atoms. The fraction of sp³-hybridized carbons (Fsp3) is 0.600. The summed E-state index contributed by atoms with van der Waals surface area (Å²) in [5, 5.41) is 4.07. The molecule has 0 unspecified atom stereocenters. The first-order chi connectivity index (χ1) is 11.0. The lowest BCUT2D eigenvalue weighted by molar-refractivity contribution is 0.227. The van der Waals surface area contributed by atoms with Crippen LogP contribution in [0.4, 0.5) is 0 Å². The zero-order valence-electron chi connectivity index (χ0n) is 13.7. The molecule has 0 N–H and O–H groups in total. The fourth-order valence-electron chi connectivity index (χ4n) is 2.99. The van der Waals surface area contributed by atoms with Crippen LogP contribution in [0.1, 0.15) is 43.2 Å². The highest BCUT2D eigenvalue weighted by Gasteiger charge is 2.30. The van der Waals surface area contributed by atoms with E-state index in [9.17, 15) is 9.59 Å². The Bertz CT molecular complexity index is 819. The first-order valence-corrected chi connectivity index (χ1v) is 7.83. The highest BCUT2D eigenvalue weighted by molar-refractivity contribution is 5.05. The maximum atomic E-state index is 12.0. The number of rotatable bonds is 4. The summed E-state index contributed by atoms with van der Waals surface area (Å²) in [6, 6.07) is 1.59.